The molecule has 0 atom stereocenters. The Morgan fingerprint density at radius 1 is 1.04 bits per heavy atom. The molecule has 5 nitrogen and oxygen atoms in total. The molecule has 5 heteroatoms. The molecule has 0 unspecified atom stereocenters. The van der Waals surface area contributed by atoms with Crippen molar-refractivity contribution < 1.29 is 9.90 Å². The van der Waals surface area contributed by atoms with E-state index in [1.54, 1.807) is 12.1 Å². The van der Waals surface area contributed by atoms with Crippen LogP contribution < -0.4 is 5.56 Å². The molecule has 0 spiro atoms. The molecule has 0 aliphatic rings. The van der Waals surface area contributed by atoms with Crippen molar-refractivity contribution in [2.24, 2.45) is 0 Å². The summed E-state index contributed by atoms with van der Waals surface area (Å²) < 4.78 is 0. The highest BCUT2D eigenvalue weighted by Crippen LogP contribution is 2.19. The van der Waals surface area contributed by atoms with Crippen LogP contribution >= 0.6 is 0 Å². The van der Waals surface area contributed by atoms with Gasteiger partial charge in [-0.05, 0) is 56.0 Å². The molecule has 140 valence electrons. The number of fused-ring (bicyclic) bond motifs is 1. The van der Waals surface area contributed by atoms with Gasteiger partial charge in [0.05, 0.1) is 18.7 Å². The molecular formula is C22H24N2O3. The lowest BCUT2D eigenvalue weighted by Gasteiger charge is -2.22. The number of aromatic amines is 1. The van der Waals surface area contributed by atoms with Crippen LogP contribution in [0.5, 0.6) is 0 Å². The first-order valence-corrected chi connectivity index (χ1v) is 8.99. The van der Waals surface area contributed by atoms with E-state index in [0.717, 1.165) is 27.6 Å². The molecule has 1 amide bonds. The van der Waals surface area contributed by atoms with Crippen LogP contribution in [0.4, 0.5) is 0 Å². The molecule has 0 saturated heterocycles. The number of aliphatic hydroxyl groups excluding tert-OH is 1. The maximum atomic E-state index is 12.8. The molecule has 0 saturated carbocycles. The second kappa shape index (κ2) is 7.76. The summed E-state index contributed by atoms with van der Waals surface area (Å²) in [4.78, 5) is 29.8. The molecule has 0 bridgehead atoms. The number of aryl methyl sites for hydroxylation is 3. The van der Waals surface area contributed by atoms with Gasteiger partial charge < -0.3 is 15.0 Å². The zero-order valence-electron chi connectivity index (χ0n) is 15.9. The van der Waals surface area contributed by atoms with Crippen molar-refractivity contribution in [2.75, 3.05) is 13.2 Å². The van der Waals surface area contributed by atoms with Gasteiger partial charge in [0.15, 0.2) is 0 Å². The quantitative estimate of drug-likeness (QED) is 0.731. The van der Waals surface area contributed by atoms with Crippen molar-refractivity contribution in [1.82, 2.24) is 9.88 Å². The topological polar surface area (TPSA) is 73.4 Å². The fourth-order valence-electron chi connectivity index (χ4n) is 3.31. The van der Waals surface area contributed by atoms with E-state index in [-0.39, 0.29) is 31.2 Å². The normalized spacial score (nSPS) is 11.0. The molecule has 2 N–H and O–H groups in total. The third-order valence-electron chi connectivity index (χ3n) is 4.69. The van der Waals surface area contributed by atoms with Gasteiger partial charge in [-0.25, -0.2) is 0 Å². The summed E-state index contributed by atoms with van der Waals surface area (Å²) in [5.74, 6) is -0.205. The van der Waals surface area contributed by atoms with E-state index in [2.05, 4.69) is 4.98 Å². The number of nitrogens with one attached hydrogen (secondary N) is 1. The molecular weight excluding hydrogens is 340 g/mol. The number of benzene rings is 2. The largest absolute Gasteiger partial charge is 0.395 e. The highest BCUT2D eigenvalue weighted by molar-refractivity contribution is 5.94. The number of amides is 1. The molecule has 1 aromatic heterocycles. The Balaban J connectivity index is 1.96. The van der Waals surface area contributed by atoms with E-state index in [0.29, 0.717) is 11.1 Å². The van der Waals surface area contributed by atoms with Crippen LogP contribution in [0.15, 0.2) is 47.3 Å². The summed E-state index contributed by atoms with van der Waals surface area (Å²) in [6, 6.07) is 13.1. The smallest absolute Gasteiger partial charge is 0.254 e. The molecule has 2 aromatic carbocycles. The summed E-state index contributed by atoms with van der Waals surface area (Å²) in [5.41, 5.74) is 4.83. The van der Waals surface area contributed by atoms with Crippen LogP contribution in [0, 0.1) is 20.8 Å². The third kappa shape index (κ3) is 4.09. The second-order valence-electron chi connectivity index (χ2n) is 6.99. The lowest BCUT2D eigenvalue weighted by Crippen LogP contribution is -2.35. The number of pyridine rings is 1. The van der Waals surface area contributed by atoms with Gasteiger partial charge in [-0.15, -0.1) is 0 Å². The average Bonchev–Trinajstić information content (AvgIpc) is 2.62. The summed E-state index contributed by atoms with van der Waals surface area (Å²) in [7, 11) is 0. The van der Waals surface area contributed by atoms with Crippen LogP contribution in [0.3, 0.4) is 0 Å². The Bertz CT molecular complexity index is 1040. The number of nitrogens with zero attached hydrogens (tertiary/aromatic N) is 1. The fourth-order valence-corrected chi connectivity index (χ4v) is 3.31. The highest BCUT2D eigenvalue weighted by atomic mass is 16.3. The number of H-pyrrole nitrogens is 1. The number of aromatic nitrogens is 1. The van der Waals surface area contributed by atoms with Crippen LogP contribution in [0.25, 0.3) is 10.9 Å². The van der Waals surface area contributed by atoms with Crippen LogP contribution in [0.1, 0.15) is 32.6 Å². The minimum absolute atomic E-state index is 0.144. The van der Waals surface area contributed by atoms with Gasteiger partial charge in [-0.3, -0.25) is 9.59 Å². The Morgan fingerprint density at radius 3 is 2.41 bits per heavy atom. The Hall–Kier alpha value is -2.92. The van der Waals surface area contributed by atoms with Gasteiger partial charge in [0.1, 0.15) is 0 Å². The molecule has 0 radical (unpaired) electrons. The predicted octanol–water partition coefficient (Wildman–Crippen LogP) is 3.09. The number of aliphatic hydroxyl groups is 1. The predicted molar refractivity (Wildman–Crippen MR) is 107 cm³/mol. The zero-order valence-corrected chi connectivity index (χ0v) is 15.9. The number of hydrogen-bond acceptors (Lipinski definition) is 3. The Morgan fingerprint density at radius 2 is 1.74 bits per heavy atom. The summed E-state index contributed by atoms with van der Waals surface area (Å²) >= 11 is 0. The SMILES string of the molecule is Cc1ccc(C(=O)N(CCO)Cc2cc3cc(C)cc(C)c3[nH]c2=O)cc1. The van der Waals surface area contributed by atoms with Gasteiger partial charge in [-0.1, -0.05) is 29.3 Å². The fraction of sp³-hybridized carbons (Fsp3) is 0.273. The van der Waals surface area contributed by atoms with E-state index in [4.69, 9.17) is 0 Å². The van der Waals surface area contributed by atoms with E-state index in [1.165, 1.54) is 4.90 Å². The summed E-state index contributed by atoms with van der Waals surface area (Å²) in [6.45, 7) is 6.07. The van der Waals surface area contributed by atoms with Crippen LogP contribution in [0.2, 0.25) is 0 Å². The van der Waals surface area contributed by atoms with E-state index < -0.39 is 0 Å². The number of hydrogen-bond donors (Lipinski definition) is 2. The van der Waals surface area contributed by atoms with E-state index in [9.17, 15) is 14.7 Å². The van der Waals surface area contributed by atoms with Gasteiger partial charge in [0, 0.05) is 17.7 Å². The molecule has 3 aromatic rings. The molecule has 0 fully saturated rings. The molecule has 3 rings (SSSR count). The first kappa shape index (κ1) is 18.9. The van der Waals surface area contributed by atoms with Crippen LogP contribution in [-0.2, 0) is 6.54 Å². The standard InChI is InChI=1S/C22H24N2O3/c1-14-4-6-17(7-5-14)22(27)24(8-9-25)13-19-12-18-11-15(2)10-16(3)20(18)23-21(19)26/h4-7,10-12,25H,8-9,13H2,1-3H3,(H,23,26). The van der Waals surface area contributed by atoms with E-state index >= 15 is 0 Å². The number of carbonyl (C=O) groups excluding carboxylic acids is 1. The number of rotatable bonds is 5. The lowest BCUT2D eigenvalue weighted by atomic mass is 10.0. The van der Waals surface area contributed by atoms with Crippen molar-refractivity contribution in [1.29, 1.82) is 0 Å². The van der Waals surface area contributed by atoms with Gasteiger partial charge >= 0.3 is 0 Å². The Labute approximate surface area is 158 Å². The van der Waals surface area contributed by atoms with Crippen LogP contribution in [-0.4, -0.2) is 34.0 Å². The van der Waals surface area contributed by atoms with E-state index in [1.807, 2.05) is 51.1 Å². The molecule has 1 heterocycles. The third-order valence-corrected chi connectivity index (χ3v) is 4.69. The summed E-state index contributed by atoms with van der Waals surface area (Å²) in [5, 5.41) is 10.3. The maximum Gasteiger partial charge on any atom is 0.254 e. The molecule has 0 aliphatic carbocycles. The van der Waals surface area contributed by atoms with Crippen molar-refractivity contribution in [3.8, 4) is 0 Å². The van der Waals surface area contributed by atoms with Crippen molar-refractivity contribution in [3.63, 3.8) is 0 Å². The first-order chi connectivity index (χ1) is 12.9. The Kier molecular flexibility index (Phi) is 5.42. The second-order valence-corrected chi connectivity index (χ2v) is 6.99. The van der Waals surface area contributed by atoms with Gasteiger partial charge in [0.25, 0.3) is 11.5 Å². The highest BCUT2D eigenvalue weighted by Gasteiger charge is 2.17. The van der Waals surface area contributed by atoms with Gasteiger partial charge in [-0.2, -0.15) is 0 Å². The number of carbonyl (C=O) groups is 1. The minimum Gasteiger partial charge on any atom is -0.395 e. The zero-order chi connectivity index (χ0) is 19.6. The molecule has 0 aliphatic heterocycles. The first-order valence-electron chi connectivity index (χ1n) is 8.99. The monoisotopic (exact) mass is 364 g/mol. The van der Waals surface area contributed by atoms with Gasteiger partial charge in [0.2, 0.25) is 0 Å². The maximum absolute atomic E-state index is 12.8. The average molecular weight is 364 g/mol. The summed E-state index contributed by atoms with van der Waals surface area (Å²) in [6.07, 6.45) is 0. The van der Waals surface area contributed by atoms with Crippen molar-refractivity contribution in [2.45, 2.75) is 27.3 Å². The van der Waals surface area contributed by atoms with Crippen molar-refractivity contribution in [3.05, 3.63) is 80.6 Å². The van der Waals surface area contributed by atoms with Crippen molar-refractivity contribution >= 4 is 16.8 Å². The minimum atomic E-state index is -0.214. The lowest BCUT2D eigenvalue weighted by molar-refractivity contribution is 0.0707. The molecule has 27 heavy (non-hydrogen) atoms.